The highest BCUT2D eigenvalue weighted by Gasteiger charge is 1.95. The molecule has 1 aromatic carbocycles. The third-order valence-electron chi connectivity index (χ3n) is 1.55. The quantitative estimate of drug-likeness (QED) is 0.683. The van der Waals surface area contributed by atoms with Gasteiger partial charge in [0, 0.05) is 22.0 Å². The van der Waals surface area contributed by atoms with Crippen LogP contribution in [0.3, 0.4) is 0 Å². The Kier molecular flexibility index (Phi) is 3.23. The van der Waals surface area contributed by atoms with Crippen LogP contribution in [0.2, 0.25) is 0 Å². The van der Waals surface area contributed by atoms with Crippen LogP contribution in [0.5, 0.6) is 0 Å². The van der Waals surface area contributed by atoms with Gasteiger partial charge in [0.1, 0.15) is 0 Å². The molecule has 1 aromatic rings. The fourth-order valence-corrected chi connectivity index (χ4v) is 1.56. The number of allylic oxidation sites excluding steroid dienone is 1. The first-order valence-electron chi connectivity index (χ1n) is 3.80. The predicted molar refractivity (Wildman–Crippen MR) is 53.5 cm³/mol. The van der Waals surface area contributed by atoms with Crippen LogP contribution in [0.1, 0.15) is 12.5 Å². The monoisotopic (exact) mass is 180 g/mol. The summed E-state index contributed by atoms with van der Waals surface area (Å²) in [5, 5.41) is 0. The van der Waals surface area contributed by atoms with Crippen molar-refractivity contribution >= 4 is 16.9 Å². The van der Waals surface area contributed by atoms with E-state index in [1.807, 2.05) is 43.3 Å². The minimum absolute atomic E-state index is 0.877. The van der Waals surface area contributed by atoms with Gasteiger partial charge in [-0.25, -0.2) is 0 Å². The van der Waals surface area contributed by atoms with Crippen molar-refractivity contribution in [2.75, 3.05) is 6.26 Å². The highest BCUT2D eigenvalue weighted by molar-refractivity contribution is 7.84. The smallest absolute Gasteiger partial charge is 0.0498 e. The first kappa shape index (κ1) is 9.20. The number of hydrogen-bond acceptors (Lipinski definition) is 1. The summed E-state index contributed by atoms with van der Waals surface area (Å²) in [4.78, 5) is 0.880. The summed E-state index contributed by atoms with van der Waals surface area (Å²) < 4.78 is 11.1. The van der Waals surface area contributed by atoms with E-state index in [1.54, 1.807) is 6.26 Å². The molecule has 0 saturated heterocycles. The first-order chi connectivity index (χ1) is 5.74. The predicted octanol–water partition coefficient (Wildman–Crippen LogP) is 2.46. The zero-order valence-electron chi connectivity index (χ0n) is 7.28. The minimum Gasteiger partial charge on any atom is -0.255 e. The first-order valence-corrected chi connectivity index (χ1v) is 5.36. The summed E-state index contributed by atoms with van der Waals surface area (Å²) in [6.07, 6.45) is 5.66. The summed E-state index contributed by atoms with van der Waals surface area (Å²) in [5.41, 5.74) is 1.10. The number of rotatable bonds is 2. The van der Waals surface area contributed by atoms with Crippen molar-refractivity contribution in [1.29, 1.82) is 0 Å². The van der Waals surface area contributed by atoms with E-state index in [-0.39, 0.29) is 0 Å². The van der Waals surface area contributed by atoms with E-state index >= 15 is 0 Å². The Bertz CT molecular complexity index is 315. The molecule has 0 heterocycles. The molecule has 12 heavy (non-hydrogen) atoms. The van der Waals surface area contributed by atoms with Gasteiger partial charge in [-0.1, -0.05) is 24.3 Å². The number of hydrogen-bond donors (Lipinski definition) is 0. The third kappa shape index (κ3) is 2.31. The Balaban J connectivity index is 3.03. The average molecular weight is 180 g/mol. The highest BCUT2D eigenvalue weighted by atomic mass is 32.2. The maximum absolute atomic E-state index is 11.1. The van der Waals surface area contributed by atoms with Crippen LogP contribution < -0.4 is 0 Å². The molecule has 0 fully saturated rings. The van der Waals surface area contributed by atoms with Gasteiger partial charge in [-0.2, -0.15) is 0 Å². The molecule has 0 saturated carbocycles. The lowest BCUT2D eigenvalue weighted by Crippen LogP contribution is -1.86. The Morgan fingerprint density at radius 3 is 2.75 bits per heavy atom. The molecule has 1 unspecified atom stereocenters. The van der Waals surface area contributed by atoms with Crippen molar-refractivity contribution in [2.24, 2.45) is 0 Å². The molecule has 64 valence electrons. The molecule has 2 heteroatoms. The molecule has 1 atom stereocenters. The maximum atomic E-state index is 11.1. The van der Waals surface area contributed by atoms with E-state index in [4.69, 9.17) is 0 Å². The molecule has 0 amide bonds. The van der Waals surface area contributed by atoms with Crippen LogP contribution in [-0.4, -0.2) is 10.5 Å². The van der Waals surface area contributed by atoms with Gasteiger partial charge in [0.25, 0.3) is 0 Å². The third-order valence-corrected chi connectivity index (χ3v) is 2.47. The molecule has 0 aliphatic heterocycles. The lowest BCUT2D eigenvalue weighted by molar-refractivity contribution is 0.687. The summed E-state index contributed by atoms with van der Waals surface area (Å²) in [6, 6.07) is 7.74. The van der Waals surface area contributed by atoms with E-state index < -0.39 is 10.8 Å². The SMILES string of the molecule is C/C=C/c1cccc(S(C)=O)c1. The van der Waals surface area contributed by atoms with Crippen LogP contribution in [0.25, 0.3) is 6.08 Å². The largest absolute Gasteiger partial charge is 0.255 e. The Labute approximate surface area is 75.6 Å². The van der Waals surface area contributed by atoms with E-state index in [0.29, 0.717) is 0 Å². The van der Waals surface area contributed by atoms with Crippen LogP contribution >= 0.6 is 0 Å². The summed E-state index contributed by atoms with van der Waals surface area (Å²) in [6.45, 7) is 1.97. The zero-order chi connectivity index (χ0) is 8.97. The Hall–Kier alpha value is -0.890. The molecule has 0 aromatic heterocycles. The normalized spacial score (nSPS) is 13.5. The lowest BCUT2D eigenvalue weighted by Gasteiger charge is -1.97. The van der Waals surface area contributed by atoms with Crippen molar-refractivity contribution in [3.63, 3.8) is 0 Å². The van der Waals surface area contributed by atoms with Gasteiger partial charge < -0.3 is 0 Å². The van der Waals surface area contributed by atoms with Crippen molar-refractivity contribution < 1.29 is 4.21 Å². The van der Waals surface area contributed by atoms with Gasteiger partial charge in [-0.05, 0) is 24.6 Å². The van der Waals surface area contributed by atoms with Gasteiger partial charge in [-0.3, -0.25) is 4.21 Å². The molecular formula is C10H12OS. The Morgan fingerprint density at radius 2 is 2.17 bits per heavy atom. The van der Waals surface area contributed by atoms with Crippen LogP contribution in [0.15, 0.2) is 35.2 Å². The maximum Gasteiger partial charge on any atom is 0.0498 e. The lowest BCUT2D eigenvalue weighted by atomic mass is 10.2. The average Bonchev–Trinajstić information content (AvgIpc) is 2.05. The van der Waals surface area contributed by atoms with Gasteiger partial charge in [0.05, 0.1) is 0 Å². The van der Waals surface area contributed by atoms with Gasteiger partial charge >= 0.3 is 0 Å². The summed E-state index contributed by atoms with van der Waals surface area (Å²) in [5.74, 6) is 0. The van der Waals surface area contributed by atoms with E-state index in [1.165, 1.54) is 0 Å². The molecule has 0 N–H and O–H groups in total. The van der Waals surface area contributed by atoms with Gasteiger partial charge in [0.2, 0.25) is 0 Å². The summed E-state index contributed by atoms with van der Waals surface area (Å²) >= 11 is 0. The van der Waals surface area contributed by atoms with Crippen molar-refractivity contribution in [3.05, 3.63) is 35.9 Å². The topological polar surface area (TPSA) is 17.1 Å². The summed E-state index contributed by atoms with van der Waals surface area (Å²) in [7, 11) is -0.877. The second kappa shape index (κ2) is 4.21. The second-order valence-electron chi connectivity index (χ2n) is 2.53. The van der Waals surface area contributed by atoms with Crippen molar-refractivity contribution in [1.82, 2.24) is 0 Å². The van der Waals surface area contributed by atoms with Crippen molar-refractivity contribution in [3.8, 4) is 0 Å². The Morgan fingerprint density at radius 1 is 1.42 bits per heavy atom. The van der Waals surface area contributed by atoms with Crippen LogP contribution in [0, 0.1) is 0 Å². The number of benzene rings is 1. The van der Waals surface area contributed by atoms with Crippen molar-refractivity contribution in [2.45, 2.75) is 11.8 Å². The van der Waals surface area contributed by atoms with Crippen LogP contribution in [-0.2, 0) is 10.8 Å². The van der Waals surface area contributed by atoms with Gasteiger partial charge in [-0.15, -0.1) is 0 Å². The molecule has 0 radical (unpaired) electrons. The second-order valence-corrected chi connectivity index (χ2v) is 3.91. The molecule has 0 spiro atoms. The van der Waals surface area contributed by atoms with Crippen LogP contribution in [0.4, 0.5) is 0 Å². The molecule has 0 bridgehead atoms. The van der Waals surface area contributed by atoms with E-state index in [2.05, 4.69) is 0 Å². The highest BCUT2D eigenvalue weighted by Crippen LogP contribution is 2.09. The fourth-order valence-electron chi connectivity index (χ4n) is 0.989. The van der Waals surface area contributed by atoms with Gasteiger partial charge in [0.15, 0.2) is 0 Å². The standard InChI is InChI=1S/C10H12OS/c1-3-5-9-6-4-7-10(8-9)12(2)11/h3-8H,1-2H3/b5-3+. The zero-order valence-corrected chi connectivity index (χ0v) is 8.10. The molecule has 1 rings (SSSR count). The molecule has 1 nitrogen and oxygen atoms in total. The molecule has 0 aliphatic rings. The minimum atomic E-state index is -0.877. The fraction of sp³-hybridized carbons (Fsp3) is 0.200. The van der Waals surface area contributed by atoms with E-state index in [0.717, 1.165) is 10.5 Å². The molecule has 0 aliphatic carbocycles. The molecular weight excluding hydrogens is 168 g/mol. The van der Waals surface area contributed by atoms with E-state index in [9.17, 15) is 4.21 Å².